The number of aromatic nitrogens is 3. The molecule has 146 valence electrons. The van der Waals surface area contributed by atoms with Crippen LogP contribution in [0.5, 0.6) is 0 Å². The first kappa shape index (κ1) is 21.2. The van der Waals surface area contributed by atoms with Crippen LogP contribution >= 0.6 is 11.6 Å². The van der Waals surface area contributed by atoms with Gasteiger partial charge in [-0.2, -0.15) is 13.2 Å². The molecule has 27 heavy (non-hydrogen) atoms. The molecule has 0 amide bonds. The van der Waals surface area contributed by atoms with Crippen molar-refractivity contribution in [3.05, 3.63) is 39.6 Å². The maximum Gasteiger partial charge on any atom is 0.416 e. The van der Waals surface area contributed by atoms with E-state index >= 15 is 0 Å². The molecule has 0 radical (unpaired) electrons. The van der Waals surface area contributed by atoms with Gasteiger partial charge in [0.15, 0.2) is 15.7 Å². The molecular weight excluding hydrogens is 403 g/mol. The summed E-state index contributed by atoms with van der Waals surface area (Å²) in [6, 6.07) is 2.63. The van der Waals surface area contributed by atoms with Crippen LogP contribution < -0.4 is 10.7 Å². The van der Waals surface area contributed by atoms with E-state index in [0.29, 0.717) is 0 Å². The lowest BCUT2D eigenvalue weighted by atomic mass is 10.2. The Morgan fingerprint density at radius 1 is 1.33 bits per heavy atom. The van der Waals surface area contributed by atoms with Gasteiger partial charge in [-0.25, -0.2) is 18.4 Å². The summed E-state index contributed by atoms with van der Waals surface area (Å²) >= 11 is 5.90. The number of allylic oxidation sites excluding steroid dienone is 2. The Hall–Kier alpha value is -2.13. The van der Waals surface area contributed by atoms with E-state index in [9.17, 15) is 21.6 Å². The molecule has 0 atom stereocenters. The Morgan fingerprint density at radius 2 is 1.96 bits per heavy atom. The number of sulfone groups is 1. The minimum atomic E-state index is -4.55. The summed E-state index contributed by atoms with van der Waals surface area (Å²) in [5.41, 5.74) is -0.928. The average Bonchev–Trinajstić information content (AvgIpc) is 2.86. The average molecular weight is 420 g/mol. The van der Waals surface area contributed by atoms with E-state index in [1.807, 2.05) is 0 Å². The van der Waals surface area contributed by atoms with Gasteiger partial charge in [-0.1, -0.05) is 31.2 Å². The van der Waals surface area contributed by atoms with Crippen molar-refractivity contribution in [2.45, 2.75) is 24.9 Å². The number of pyridine rings is 1. The molecule has 2 heterocycles. The highest BCUT2D eigenvalue weighted by Gasteiger charge is 2.31. The zero-order chi connectivity index (χ0) is 20.6. The van der Waals surface area contributed by atoms with Gasteiger partial charge in [-0.3, -0.25) is 0 Å². The van der Waals surface area contributed by atoms with Gasteiger partial charge in [0.2, 0.25) is 0 Å². The van der Waals surface area contributed by atoms with Crippen molar-refractivity contribution in [2.24, 2.45) is 7.05 Å². The summed E-state index contributed by atoms with van der Waals surface area (Å²) in [4.78, 5) is 8.09. The summed E-state index contributed by atoms with van der Waals surface area (Å²) in [6.45, 7) is 6.47. The molecule has 0 bridgehead atoms. The number of alkyl halides is 3. The lowest BCUT2D eigenvalue weighted by molar-refractivity contribution is -0.0866. The summed E-state index contributed by atoms with van der Waals surface area (Å²) in [6.07, 6.45) is -2.79. The standard InChI is InChI=1S/C17H17ClF3N3O2S/c1-5-11(17(19,20)21)9-12-10(3)24(4)16(22-12)15-13(27(25,26)6-2)7-8-14(18)23-15/h5,7-9H,3,6H2,1-2,4H3/b11-5+,12-9+. The van der Waals surface area contributed by atoms with Crippen molar-refractivity contribution >= 4 is 34.1 Å². The lowest BCUT2D eigenvalue weighted by Gasteiger charge is -2.08. The molecule has 0 spiro atoms. The topological polar surface area (TPSA) is 64.8 Å². The number of hydrogen-bond donors (Lipinski definition) is 0. The second-order valence-corrected chi connectivity index (χ2v) is 8.23. The summed E-state index contributed by atoms with van der Waals surface area (Å²) < 4.78 is 65.2. The Kier molecular flexibility index (Phi) is 5.86. The van der Waals surface area contributed by atoms with Crippen molar-refractivity contribution < 1.29 is 21.6 Å². The number of halogens is 4. The van der Waals surface area contributed by atoms with E-state index in [1.54, 1.807) is 0 Å². The van der Waals surface area contributed by atoms with E-state index in [0.717, 1.165) is 12.2 Å². The van der Waals surface area contributed by atoms with Crippen LogP contribution in [-0.4, -0.2) is 34.9 Å². The van der Waals surface area contributed by atoms with Gasteiger partial charge in [-0.15, -0.1) is 0 Å². The Labute approximate surface area is 159 Å². The molecule has 0 fully saturated rings. The van der Waals surface area contributed by atoms with Crippen LogP contribution in [0.25, 0.3) is 24.2 Å². The fourth-order valence-electron chi connectivity index (χ4n) is 2.35. The predicted molar refractivity (Wildman–Crippen MR) is 98.2 cm³/mol. The summed E-state index contributed by atoms with van der Waals surface area (Å²) in [5.74, 6) is -0.126. The molecule has 2 rings (SSSR count). The van der Waals surface area contributed by atoms with Crippen molar-refractivity contribution in [1.29, 1.82) is 0 Å². The van der Waals surface area contributed by atoms with Crippen LogP contribution in [0.3, 0.4) is 0 Å². The fraction of sp³-hybridized carbons (Fsp3) is 0.294. The summed E-state index contributed by atoms with van der Waals surface area (Å²) in [5, 5.41) is 0.165. The zero-order valence-electron chi connectivity index (χ0n) is 14.8. The van der Waals surface area contributed by atoms with Gasteiger partial charge in [0.25, 0.3) is 0 Å². The van der Waals surface area contributed by atoms with Crippen LogP contribution in [-0.2, 0) is 16.9 Å². The smallest absolute Gasteiger partial charge is 0.326 e. The Morgan fingerprint density at radius 3 is 2.48 bits per heavy atom. The molecule has 0 unspecified atom stereocenters. The van der Waals surface area contributed by atoms with Crippen LogP contribution in [0, 0.1) is 0 Å². The van der Waals surface area contributed by atoms with Gasteiger partial charge < -0.3 is 4.57 Å². The van der Waals surface area contributed by atoms with E-state index in [2.05, 4.69) is 16.5 Å². The van der Waals surface area contributed by atoms with E-state index in [-0.39, 0.29) is 38.0 Å². The van der Waals surface area contributed by atoms with Crippen molar-refractivity contribution in [1.82, 2.24) is 14.5 Å². The third kappa shape index (κ3) is 4.24. The van der Waals surface area contributed by atoms with E-state index in [4.69, 9.17) is 11.6 Å². The van der Waals surface area contributed by atoms with Gasteiger partial charge in [0, 0.05) is 7.05 Å². The van der Waals surface area contributed by atoms with Crippen LogP contribution in [0.1, 0.15) is 13.8 Å². The highest BCUT2D eigenvalue weighted by atomic mass is 35.5. The maximum absolute atomic E-state index is 13.0. The molecule has 0 aliphatic carbocycles. The first-order valence-electron chi connectivity index (χ1n) is 7.79. The molecule has 0 aliphatic rings. The molecular formula is C17H17ClF3N3O2S. The van der Waals surface area contributed by atoms with Crippen LogP contribution in [0.2, 0.25) is 5.15 Å². The van der Waals surface area contributed by atoms with E-state index in [1.165, 1.54) is 37.6 Å². The quantitative estimate of drug-likeness (QED) is 0.715. The molecule has 2 aromatic heterocycles. The van der Waals surface area contributed by atoms with Crippen molar-refractivity contribution in [2.75, 3.05) is 5.75 Å². The molecule has 10 heteroatoms. The maximum atomic E-state index is 13.0. The Balaban J connectivity index is 2.82. The van der Waals surface area contributed by atoms with Crippen LogP contribution in [0.4, 0.5) is 13.2 Å². The first-order valence-corrected chi connectivity index (χ1v) is 9.82. The molecule has 0 aromatic carbocycles. The fourth-order valence-corrected chi connectivity index (χ4v) is 3.51. The van der Waals surface area contributed by atoms with Gasteiger partial charge >= 0.3 is 6.18 Å². The predicted octanol–water partition coefficient (Wildman–Crippen LogP) is 2.63. The second-order valence-electron chi connectivity index (χ2n) is 5.60. The molecule has 2 aromatic rings. The van der Waals surface area contributed by atoms with Crippen molar-refractivity contribution in [3.8, 4) is 11.5 Å². The number of rotatable bonds is 4. The van der Waals surface area contributed by atoms with Crippen molar-refractivity contribution in [3.63, 3.8) is 0 Å². The highest BCUT2D eigenvalue weighted by molar-refractivity contribution is 7.91. The Bertz CT molecular complexity index is 1120. The molecule has 0 saturated heterocycles. The lowest BCUT2D eigenvalue weighted by Crippen LogP contribution is -2.28. The van der Waals surface area contributed by atoms with Gasteiger partial charge in [-0.05, 0) is 25.1 Å². The molecule has 5 nitrogen and oxygen atoms in total. The largest absolute Gasteiger partial charge is 0.416 e. The minimum Gasteiger partial charge on any atom is -0.326 e. The number of imidazole rings is 1. The molecule has 0 aliphatic heterocycles. The van der Waals surface area contributed by atoms with Crippen LogP contribution in [0.15, 0.2) is 28.7 Å². The SMILES string of the molecule is C=c1/c(=C\C(=C/C)C(F)(F)F)nc(-c2nc(Cl)ccc2S(=O)(=O)CC)n1C. The molecule has 0 N–H and O–H groups in total. The molecule has 0 saturated carbocycles. The summed E-state index contributed by atoms with van der Waals surface area (Å²) in [7, 11) is -2.15. The third-order valence-corrected chi connectivity index (χ3v) is 5.90. The monoisotopic (exact) mass is 419 g/mol. The second kappa shape index (κ2) is 7.47. The number of hydrogen-bond acceptors (Lipinski definition) is 4. The highest BCUT2D eigenvalue weighted by Crippen LogP contribution is 2.27. The number of nitrogens with zero attached hydrogens (tertiary/aromatic N) is 3. The zero-order valence-corrected chi connectivity index (χ0v) is 16.4. The van der Waals surface area contributed by atoms with Gasteiger partial charge in [0.05, 0.1) is 26.9 Å². The third-order valence-electron chi connectivity index (χ3n) is 3.93. The van der Waals surface area contributed by atoms with E-state index < -0.39 is 21.6 Å². The minimum absolute atomic E-state index is 0.0311. The first-order chi connectivity index (χ1) is 12.4. The normalized spacial score (nSPS) is 14.0. The van der Waals surface area contributed by atoms with Gasteiger partial charge in [0.1, 0.15) is 10.8 Å².